The minimum atomic E-state index is 0.631. The highest BCUT2D eigenvalue weighted by atomic mass is 35.5. The van der Waals surface area contributed by atoms with Crippen LogP contribution < -0.4 is 0 Å². The van der Waals surface area contributed by atoms with Crippen molar-refractivity contribution in [2.45, 2.75) is 39.2 Å². The first kappa shape index (κ1) is 18.1. The fourth-order valence-electron chi connectivity index (χ4n) is 3.31. The Morgan fingerprint density at radius 3 is 2.77 bits per heavy atom. The number of nitrogens with zero attached hydrogens (tertiary/aromatic N) is 2. The van der Waals surface area contributed by atoms with Gasteiger partial charge in [-0.3, -0.25) is 0 Å². The number of likely N-dealkylation sites (tertiary alicyclic amines) is 1. The van der Waals surface area contributed by atoms with E-state index in [1.54, 1.807) is 0 Å². The van der Waals surface area contributed by atoms with Crippen LogP contribution in [0.3, 0.4) is 0 Å². The van der Waals surface area contributed by atoms with E-state index in [0.29, 0.717) is 10.0 Å². The van der Waals surface area contributed by atoms with E-state index in [-0.39, 0.29) is 0 Å². The first-order valence-electron chi connectivity index (χ1n) is 8.43. The van der Waals surface area contributed by atoms with Crippen LogP contribution >= 0.6 is 23.2 Å². The average Bonchev–Trinajstić information content (AvgIpc) is 2.90. The molecule has 124 valence electrons. The molecule has 1 heterocycles. The second-order valence-corrected chi connectivity index (χ2v) is 7.42. The van der Waals surface area contributed by atoms with Gasteiger partial charge in [-0.05, 0) is 56.6 Å². The van der Waals surface area contributed by atoms with Gasteiger partial charge in [0, 0.05) is 19.6 Å². The van der Waals surface area contributed by atoms with Crippen molar-refractivity contribution in [3.05, 3.63) is 33.8 Å². The highest BCUT2D eigenvalue weighted by Gasteiger charge is 2.22. The summed E-state index contributed by atoms with van der Waals surface area (Å²) in [6.45, 7) is 8.17. The number of rotatable bonds is 8. The minimum Gasteiger partial charge on any atom is -0.303 e. The van der Waals surface area contributed by atoms with Crippen LogP contribution in [0, 0.1) is 5.92 Å². The molecule has 1 atom stereocenters. The lowest BCUT2D eigenvalue weighted by molar-refractivity contribution is 0.255. The van der Waals surface area contributed by atoms with Gasteiger partial charge in [0.15, 0.2) is 0 Å². The molecule has 0 amide bonds. The number of hydrogen-bond acceptors (Lipinski definition) is 2. The van der Waals surface area contributed by atoms with E-state index in [1.165, 1.54) is 50.9 Å². The Kier molecular flexibility index (Phi) is 7.49. The van der Waals surface area contributed by atoms with E-state index < -0.39 is 0 Å². The Morgan fingerprint density at radius 2 is 2.05 bits per heavy atom. The second-order valence-electron chi connectivity index (χ2n) is 6.61. The molecule has 0 saturated carbocycles. The summed E-state index contributed by atoms with van der Waals surface area (Å²) in [6.07, 6.45) is 5.35. The van der Waals surface area contributed by atoms with Crippen LogP contribution in [0.15, 0.2) is 18.2 Å². The highest BCUT2D eigenvalue weighted by molar-refractivity contribution is 6.42. The second kappa shape index (κ2) is 9.12. The fourth-order valence-corrected chi connectivity index (χ4v) is 3.63. The van der Waals surface area contributed by atoms with Gasteiger partial charge in [0.2, 0.25) is 0 Å². The molecule has 0 spiro atoms. The molecule has 1 unspecified atom stereocenters. The van der Waals surface area contributed by atoms with Crippen molar-refractivity contribution in [3.63, 3.8) is 0 Å². The molecule has 22 heavy (non-hydrogen) atoms. The molecule has 2 nitrogen and oxygen atoms in total. The zero-order chi connectivity index (χ0) is 15.9. The van der Waals surface area contributed by atoms with Gasteiger partial charge in [0.25, 0.3) is 0 Å². The number of hydrogen-bond donors (Lipinski definition) is 0. The molecule has 2 rings (SSSR count). The normalized spacial score (nSPS) is 19.2. The standard InChI is InChI=1S/C18H28Cl2N2/c1-3-4-5-9-22-10-8-16(14-22)13-21(2)12-15-6-7-17(19)18(20)11-15/h6-7,11,16H,3-5,8-10,12-14H2,1-2H3. The van der Waals surface area contributed by atoms with Gasteiger partial charge in [-0.1, -0.05) is 49.0 Å². The molecule has 1 aromatic rings. The fraction of sp³-hybridized carbons (Fsp3) is 0.667. The molecule has 0 aromatic heterocycles. The van der Waals surface area contributed by atoms with E-state index in [9.17, 15) is 0 Å². The zero-order valence-electron chi connectivity index (χ0n) is 13.8. The van der Waals surface area contributed by atoms with Crippen molar-refractivity contribution in [2.75, 3.05) is 33.2 Å². The van der Waals surface area contributed by atoms with Crippen LogP contribution in [-0.2, 0) is 6.54 Å². The first-order valence-corrected chi connectivity index (χ1v) is 9.19. The van der Waals surface area contributed by atoms with Crippen molar-refractivity contribution in [1.82, 2.24) is 9.80 Å². The Hall–Kier alpha value is -0.280. The molecule has 1 aliphatic rings. The quantitative estimate of drug-likeness (QED) is 0.617. The Balaban J connectivity index is 1.73. The maximum Gasteiger partial charge on any atom is 0.0595 e. The van der Waals surface area contributed by atoms with Crippen molar-refractivity contribution < 1.29 is 0 Å². The molecule has 1 aliphatic heterocycles. The van der Waals surface area contributed by atoms with Gasteiger partial charge in [-0.2, -0.15) is 0 Å². The molecule has 0 radical (unpaired) electrons. The summed E-state index contributed by atoms with van der Waals surface area (Å²) < 4.78 is 0. The number of benzene rings is 1. The van der Waals surface area contributed by atoms with Gasteiger partial charge in [0.05, 0.1) is 10.0 Å². The SMILES string of the molecule is CCCCCN1CCC(CN(C)Cc2ccc(Cl)c(Cl)c2)C1. The third-order valence-corrected chi connectivity index (χ3v) is 5.19. The van der Waals surface area contributed by atoms with Gasteiger partial charge >= 0.3 is 0 Å². The topological polar surface area (TPSA) is 6.48 Å². The van der Waals surface area contributed by atoms with E-state index >= 15 is 0 Å². The number of halogens is 2. The summed E-state index contributed by atoms with van der Waals surface area (Å²) >= 11 is 12.1. The summed E-state index contributed by atoms with van der Waals surface area (Å²) in [5.74, 6) is 0.800. The molecule has 1 aromatic carbocycles. The van der Waals surface area contributed by atoms with Crippen LogP contribution in [0.5, 0.6) is 0 Å². The van der Waals surface area contributed by atoms with E-state index in [2.05, 4.69) is 29.8 Å². The van der Waals surface area contributed by atoms with Crippen molar-refractivity contribution >= 4 is 23.2 Å². The molecule has 4 heteroatoms. The van der Waals surface area contributed by atoms with Crippen LogP contribution in [0.4, 0.5) is 0 Å². The lowest BCUT2D eigenvalue weighted by Crippen LogP contribution is -2.28. The van der Waals surface area contributed by atoms with Crippen LogP contribution in [0.1, 0.15) is 38.2 Å². The smallest absolute Gasteiger partial charge is 0.0595 e. The predicted molar refractivity (Wildman–Crippen MR) is 96.9 cm³/mol. The van der Waals surface area contributed by atoms with Crippen LogP contribution in [0.2, 0.25) is 10.0 Å². The molecule has 0 bridgehead atoms. The average molecular weight is 343 g/mol. The number of unbranched alkanes of at least 4 members (excludes halogenated alkanes) is 2. The monoisotopic (exact) mass is 342 g/mol. The molecule has 1 fully saturated rings. The van der Waals surface area contributed by atoms with Gasteiger partial charge in [-0.25, -0.2) is 0 Å². The summed E-state index contributed by atoms with van der Waals surface area (Å²) in [6, 6.07) is 5.93. The summed E-state index contributed by atoms with van der Waals surface area (Å²) in [4.78, 5) is 5.03. The third kappa shape index (κ3) is 5.73. The van der Waals surface area contributed by atoms with Crippen LogP contribution in [-0.4, -0.2) is 43.0 Å². The predicted octanol–water partition coefficient (Wildman–Crippen LogP) is 4.94. The molecule has 0 N–H and O–H groups in total. The van der Waals surface area contributed by atoms with E-state index in [0.717, 1.165) is 19.0 Å². The summed E-state index contributed by atoms with van der Waals surface area (Å²) in [5.41, 5.74) is 1.23. The van der Waals surface area contributed by atoms with Gasteiger partial charge in [0.1, 0.15) is 0 Å². The van der Waals surface area contributed by atoms with Crippen molar-refractivity contribution in [1.29, 1.82) is 0 Å². The minimum absolute atomic E-state index is 0.631. The maximum atomic E-state index is 6.09. The summed E-state index contributed by atoms with van der Waals surface area (Å²) in [5, 5.41) is 1.28. The lowest BCUT2D eigenvalue weighted by atomic mass is 10.1. The van der Waals surface area contributed by atoms with Crippen molar-refractivity contribution in [3.8, 4) is 0 Å². The summed E-state index contributed by atoms with van der Waals surface area (Å²) in [7, 11) is 2.20. The zero-order valence-corrected chi connectivity index (χ0v) is 15.3. The molecular formula is C18H28Cl2N2. The van der Waals surface area contributed by atoms with E-state index in [1.807, 2.05) is 12.1 Å². The van der Waals surface area contributed by atoms with Crippen LogP contribution in [0.25, 0.3) is 0 Å². The molecular weight excluding hydrogens is 315 g/mol. The van der Waals surface area contributed by atoms with Gasteiger partial charge in [-0.15, -0.1) is 0 Å². The molecule has 0 aliphatic carbocycles. The molecule has 1 saturated heterocycles. The Bertz CT molecular complexity index is 464. The van der Waals surface area contributed by atoms with Crippen molar-refractivity contribution in [2.24, 2.45) is 5.92 Å². The lowest BCUT2D eigenvalue weighted by Gasteiger charge is -2.22. The maximum absolute atomic E-state index is 6.09. The highest BCUT2D eigenvalue weighted by Crippen LogP contribution is 2.24. The van der Waals surface area contributed by atoms with Gasteiger partial charge < -0.3 is 9.80 Å². The Labute approximate surface area is 145 Å². The Morgan fingerprint density at radius 1 is 1.23 bits per heavy atom. The first-order chi connectivity index (χ1) is 10.6. The van der Waals surface area contributed by atoms with E-state index in [4.69, 9.17) is 23.2 Å². The largest absolute Gasteiger partial charge is 0.303 e. The third-order valence-electron chi connectivity index (χ3n) is 4.45.